The molecule has 1 aromatic rings. The molecule has 0 saturated heterocycles. The summed E-state index contributed by atoms with van der Waals surface area (Å²) in [5.41, 5.74) is -3.12. The molecule has 8 nitrogen and oxygen atoms in total. The molecule has 0 aromatic heterocycles. The third-order valence-electron chi connectivity index (χ3n) is 20.3. The van der Waals surface area contributed by atoms with Gasteiger partial charge in [0.05, 0.1) is 37.1 Å². The fraction of sp³-hybridized carbons (Fsp3) is 0.720. The number of carbonyl (C=O) groups is 2. The second-order valence-corrected chi connectivity index (χ2v) is 22.6. The van der Waals surface area contributed by atoms with E-state index in [0.717, 1.165) is 67.2 Å². The molecule has 6 N–H and O–H groups in total. The number of fused-ring (bicyclic) bond motifs is 4. The van der Waals surface area contributed by atoms with Crippen LogP contribution in [0, 0.1) is 73.4 Å². The normalized spacial score (nSPS) is 50.0. The van der Waals surface area contributed by atoms with Crippen LogP contribution >= 0.6 is 0 Å². The van der Waals surface area contributed by atoms with Crippen LogP contribution in [0.15, 0.2) is 35.9 Å². The highest BCUT2D eigenvalue weighted by Gasteiger charge is 2.81. The summed E-state index contributed by atoms with van der Waals surface area (Å²) in [6.07, 6.45) is 17.9. The standard InChI is InChI=1S/C50H66O8/c1-28(54)30-17-31-20-35-29(19-34(31)32(18-30)23-51)8-13-46-14-10-39-45(5,41(57)24-52)40(56)11-16-49(35,39)42(46)38(55)21-36-37-22-43(2,3)25-47-12-6-7-33(47)9-15-48(58,26-44(36,46)4)50(37,47)27-53/h9,15,17-21,23,28-29,33,35,37,39-42,52-54,56-58H,6-8,10-14,16,22,24-27H2,1-5H3/t28-,29-,33-,35-,37-,39-,40+,41-,42+,44-,45+,46-,47+,48+,49-,50-/m1/s1. The summed E-state index contributed by atoms with van der Waals surface area (Å²) < 4.78 is 0. The van der Waals surface area contributed by atoms with Gasteiger partial charge in [-0.15, -0.1) is 0 Å². The van der Waals surface area contributed by atoms with E-state index in [1.54, 1.807) is 13.0 Å². The van der Waals surface area contributed by atoms with E-state index in [4.69, 9.17) is 0 Å². The van der Waals surface area contributed by atoms with Crippen molar-refractivity contribution in [3.8, 4) is 0 Å². The van der Waals surface area contributed by atoms with Crippen molar-refractivity contribution in [2.45, 2.75) is 136 Å². The van der Waals surface area contributed by atoms with Crippen LogP contribution < -0.4 is 10.4 Å². The molecule has 314 valence electrons. The second-order valence-electron chi connectivity index (χ2n) is 22.6. The first-order valence-electron chi connectivity index (χ1n) is 22.7. The Morgan fingerprint density at radius 1 is 0.931 bits per heavy atom. The number of allylic oxidation sites excluding steroid dienone is 3. The number of carbonyl (C=O) groups excluding carboxylic acids is 2. The van der Waals surface area contributed by atoms with Crippen LogP contribution in [-0.4, -0.2) is 73.7 Å². The van der Waals surface area contributed by atoms with Gasteiger partial charge in [-0.25, -0.2) is 0 Å². The highest BCUT2D eigenvalue weighted by Crippen LogP contribution is 2.84. The molecule has 0 heterocycles. The van der Waals surface area contributed by atoms with Gasteiger partial charge in [0, 0.05) is 22.3 Å². The van der Waals surface area contributed by atoms with Crippen LogP contribution in [0.1, 0.15) is 134 Å². The molecule has 58 heavy (non-hydrogen) atoms. The summed E-state index contributed by atoms with van der Waals surface area (Å²) in [4.78, 5) is 28.7. The maximum atomic E-state index is 16.0. The molecule has 10 rings (SSSR count). The average Bonchev–Trinajstić information content (AvgIpc) is 3.56. The Balaban J connectivity index is 1.25. The van der Waals surface area contributed by atoms with Gasteiger partial charge >= 0.3 is 0 Å². The Morgan fingerprint density at radius 2 is 1.69 bits per heavy atom. The first-order valence-corrected chi connectivity index (χ1v) is 22.7. The first-order chi connectivity index (χ1) is 27.4. The quantitative estimate of drug-likeness (QED) is 0.178. The van der Waals surface area contributed by atoms with Crippen LogP contribution in [0.25, 0.3) is 12.2 Å². The number of rotatable bonds is 5. The Labute approximate surface area is 343 Å². The van der Waals surface area contributed by atoms with Gasteiger partial charge in [-0.05, 0) is 168 Å². The van der Waals surface area contributed by atoms with Crippen LogP contribution in [-0.2, 0) is 4.79 Å². The van der Waals surface area contributed by atoms with Gasteiger partial charge in [-0.1, -0.05) is 64.0 Å². The third-order valence-corrected chi connectivity index (χ3v) is 20.3. The maximum absolute atomic E-state index is 16.0. The van der Waals surface area contributed by atoms with Gasteiger partial charge in [-0.2, -0.15) is 0 Å². The van der Waals surface area contributed by atoms with Crippen molar-refractivity contribution in [3.63, 3.8) is 0 Å². The van der Waals surface area contributed by atoms with E-state index in [9.17, 15) is 35.4 Å². The number of aliphatic hydroxyl groups excluding tert-OH is 5. The highest BCUT2D eigenvalue weighted by atomic mass is 16.3. The molecule has 0 amide bonds. The number of aliphatic hydroxyl groups is 6. The minimum absolute atomic E-state index is 0.0498. The molecule has 0 aliphatic heterocycles. The Bertz CT molecular complexity index is 2150. The van der Waals surface area contributed by atoms with E-state index in [0.29, 0.717) is 43.2 Å². The molecular weight excluding hydrogens is 729 g/mol. The highest BCUT2D eigenvalue weighted by molar-refractivity contribution is 5.96. The minimum atomic E-state index is -1.28. The van der Waals surface area contributed by atoms with E-state index in [1.807, 2.05) is 19.1 Å². The van der Waals surface area contributed by atoms with Gasteiger partial charge in [0.25, 0.3) is 0 Å². The van der Waals surface area contributed by atoms with Gasteiger partial charge in [0.1, 0.15) is 0 Å². The van der Waals surface area contributed by atoms with Crippen molar-refractivity contribution in [1.29, 1.82) is 0 Å². The number of ketones is 1. The summed E-state index contributed by atoms with van der Waals surface area (Å²) in [5, 5.41) is 72.5. The zero-order valence-corrected chi connectivity index (χ0v) is 35.2. The lowest BCUT2D eigenvalue weighted by molar-refractivity contribution is -0.284. The van der Waals surface area contributed by atoms with E-state index >= 15 is 4.79 Å². The Kier molecular flexibility index (Phi) is 8.44. The summed E-state index contributed by atoms with van der Waals surface area (Å²) in [7, 11) is 0. The van der Waals surface area contributed by atoms with E-state index in [1.165, 1.54) is 0 Å². The second kappa shape index (κ2) is 12.3. The molecule has 6 fully saturated rings. The topological polar surface area (TPSA) is 156 Å². The summed E-state index contributed by atoms with van der Waals surface area (Å²) >= 11 is 0. The van der Waals surface area contributed by atoms with Crippen molar-refractivity contribution >= 4 is 24.2 Å². The van der Waals surface area contributed by atoms with Crippen LogP contribution in [0.2, 0.25) is 0 Å². The zero-order chi connectivity index (χ0) is 41.2. The Morgan fingerprint density at radius 3 is 2.40 bits per heavy atom. The van der Waals surface area contributed by atoms with Crippen molar-refractivity contribution in [2.24, 2.45) is 73.4 Å². The van der Waals surface area contributed by atoms with E-state index in [2.05, 4.69) is 45.1 Å². The van der Waals surface area contributed by atoms with Crippen molar-refractivity contribution in [1.82, 2.24) is 0 Å². The van der Waals surface area contributed by atoms with E-state index in [-0.39, 0.29) is 52.8 Å². The molecule has 2 spiro atoms. The lowest BCUT2D eigenvalue weighted by Gasteiger charge is -2.77. The van der Waals surface area contributed by atoms with Crippen molar-refractivity contribution in [3.05, 3.63) is 57.5 Å². The number of hydrogen-bond acceptors (Lipinski definition) is 8. The number of aldehydes is 1. The van der Waals surface area contributed by atoms with Gasteiger partial charge < -0.3 is 30.6 Å². The lowest BCUT2D eigenvalue weighted by atomic mass is 9.27. The molecule has 16 atom stereocenters. The van der Waals surface area contributed by atoms with Crippen LogP contribution in [0.3, 0.4) is 0 Å². The molecule has 2 bridgehead atoms. The average molecular weight is 795 g/mol. The first kappa shape index (κ1) is 39.7. The molecule has 9 aliphatic carbocycles. The zero-order valence-electron chi connectivity index (χ0n) is 35.2. The number of hydrogen-bond donors (Lipinski definition) is 6. The largest absolute Gasteiger partial charge is 0.396 e. The molecular formula is C50H66O8. The van der Waals surface area contributed by atoms with Crippen LogP contribution in [0.4, 0.5) is 0 Å². The molecule has 1 aromatic carbocycles. The predicted octanol–water partition coefficient (Wildman–Crippen LogP) is 5.09. The predicted molar refractivity (Wildman–Crippen MR) is 220 cm³/mol. The third kappa shape index (κ3) is 4.39. The lowest BCUT2D eigenvalue weighted by Crippen LogP contribution is -2.77. The molecule has 0 unspecified atom stereocenters. The van der Waals surface area contributed by atoms with Crippen LogP contribution in [0.5, 0.6) is 0 Å². The minimum Gasteiger partial charge on any atom is -0.396 e. The smallest absolute Gasteiger partial charge is 0.159 e. The molecule has 0 radical (unpaired) electrons. The molecule has 6 saturated carbocycles. The van der Waals surface area contributed by atoms with Gasteiger partial charge in [0.2, 0.25) is 0 Å². The Hall–Kier alpha value is -2.46. The fourth-order valence-corrected chi connectivity index (χ4v) is 18.3. The maximum Gasteiger partial charge on any atom is 0.159 e. The monoisotopic (exact) mass is 794 g/mol. The van der Waals surface area contributed by atoms with Gasteiger partial charge in [0.15, 0.2) is 12.1 Å². The van der Waals surface area contributed by atoms with Crippen molar-refractivity contribution in [2.75, 3.05) is 13.2 Å². The summed E-state index contributed by atoms with van der Waals surface area (Å²) in [6.45, 7) is 10.1. The summed E-state index contributed by atoms with van der Waals surface area (Å²) in [6, 6.07) is 3.76. The number of benzene rings is 1. The molecule has 9 aliphatic rings. The van der Waals surface area contributed by atoms with Crippen molar-refractivity contribution < 1.29 is 40.2 Å². The fourth-order valence-electron chi connectivity index (χ4n) is 18.3. The SMILES string of the molecule is C[C@@H](O)c1cc(C=O)c2c(c1)=C[C@@H]1[C@@H](C=2)CC[C@@]23CC[C@@H]4[C@](C)([C@H](O)CO)[C@@H](O)CC[C@@]14[C@H]2C(=O)C=C1[C@H]2CC(C)(C)C[C@@]45CCC[C@@H]4C=C[C@](O)(C[C@]13C)[C@]25CO. The summed E-state index contributed by atoms with van der Waals surface area (Å²) in [5.74, 6) is -0.839. The van der Waals surface area contributed by atoms with E-state index < -0.39 is 63.5 Å². The van der Waals surface area contributed by atoms with Gasteiger partial charge in [-0.3, -0.25) is 9.59 Å². The molecule has 8 heteroatoms.